The zero-order chi connectivity index (χ0) is 19.3. The summed E-state index contributed by atoms with van der Waals surface area (Å²) in [5.41, 5.74) is 0.500. The third-order valence-electron chi connectivity index (χ3n) is 3.66. The third kappa shape index (κ3) is 19.4. The van der Waals surface area contributed by atoms with Crippen molar-refractivity contribution in [1.29, 1.82) is 0 Å². The molecule has 0 N–H and O–H groups in total. The van der Waals surface area contributed by atoms with Crippen LogP contribution in [0.4, 0.5) is 0 Å². The van der Waals surface area contributed by atoms with Gasteiger partial charge in [-0.25, -0.2) is 0 Å². The molecule has 148 valence electrons. The summed E-state index contributed by atoms with van der Waals surface area (Å²) in [6.07, 6.45) is 4.64. The molecule has 0 saturated heterocycles. The van der Waals surface area contributed by atoms with E-state index in [0.717, 1.165) is 32.3 Å². The van der Waals surface area contributed by atoms with Crippen molar-refractivity contribution in [3.8, 4) is 0 Å². The van der Waals surface area contributed by atoms with E-state index in [4.69, 9.17) is 9.47 Å². The van der Waals surface area contributed by atoms with E-state index in [1.807, 2.05) is 0 Å². The second-order valence-electron chi connectivity index (χ2n) is 9.35. The molecule has 0 amide bonds. The lowest BCUT2D eigenvalue weighted by Gasteiger charge is -2.17. The normalized spacial score (nSPS) is 12.4. The van der Waals surface area contributed by atoms with Gasteiger partial charge in [0.15, 0.2) is 0 Å². The highest BCUT2D eigenvalue weighted by atomic mass is 16.5. The van der Waals surface area contributed by atoms with Gasteiger partial charge in [0, 0.05) is 26.1 Å². The monoisotopic (exact) mass is 356 g/mol. The van der Waals surface area contributed by atoms with Gasteiger partial charge in [-0.05, 0) is 36.5 Å². The minimum absolute atomic E-state index is 0.00944. The van der Waals surface area contributed by atoms with Crippen LogP contribution in [0.5, 0.6) is 0 Å². The van der Waals surface area contributed by atoms with Crippen molar-refractivity contribution in [1.82, 2.24) is 0 Å². The van der Waals surface area contributed by atoms with Gasteiger partial charge in [-0.2, -0.15) is 0 Å². The number of ether oxygens (including phenoxy) is 2. The molecule has 0 spiro atoms. The van der Waals surface area contributed by atoms with Gasteiger partial charge < -0.3 is 9.47 Å². The summed E-state index contributed by atoms with van der Waals surface area (Å²) >= 11 is 0. The first kappa shape index (κ1) is 24.3. The second-order valence-corrected chi connectivity index (χ2v) is 9.35. The van der Waals surface area contributed by atoms with E-state index in [9.17, 15) is 9.59 Å². The number of hydrogen-bond donors (Lipinski definition) is 0. The smallest absolute Gasteiger partial charge is 0.142 e. The Balaban J connectivity index is 3.52. The Morgan fingerprint density at radius 3 is 1.88 bits per heavy atom. The Morgan fingerprint density at radius 2 is 1.28 bits per heavy atom. The lowest BCUT2D eigenvalue weighted by Crippen LogP contribution is -2.15. The van der Waals surface area contributed by atoms with Gasteiger partial charge >= 0.3 is 0 Å². The molecule has 4 nitrogen and oxygen atoms in total. The van der Waals surface area contributed by atoms with E-state index < -0.39 is 0 Å². The SMILES string of the molecule is CC(C)(C)CCCOCCC(=O)CC(=O)CCCCOCC(C)(C)C. The molecule has 0 aromatic rings. The molecule has 0 atom stereocenters. The van der Waals surface area contributed by atoms with Crippen LogP contribution in [0, 0.1) is 10.8 Å². The average molecular weight is 357 g/mol. The Kier molecular flexibility index (Phi) is 12.2. The molecule has 0 rings (SSSR count). The fourth-order valence-electron chi connectivity index (χ4n) is 2.29. The van der Waals surface area contributed by atoms with E-state index in [1.165, 1.54) is 0 Å². The molecule has 0 fully saturated rings. The van der Waals surface area contributed by atoms with E-state index >= 15 is 0 Å². The van der Waals surface area contributed by atoms with Gasteiger partial charge in [0.2, 0.25) is 0 Å². The van der Waals surface area contributed by atoms with E-state index in [1.54, 1.807) is 0 Å². The van der Waals surface area contributed by atoms with E-state index in [-0.39, 0.29) is 23.4 Å². The zero-order valence-corrected chi connectivity index (χ0v) is 17.4. The van der Waals surface area contributed by atoms with Crippen molar-refractivity contribution in [3.63, 3.8) is 0 Å². The van der Waals surface area contributed by atoms with Crippen molar-refractivity contribution in [2.24, 2.45) is 10.8 Å². The number of hydrogen-bond acceptors (Lipinski definition) is 4. The molecular weight excluding hydrogens is 316 g/mol. The first-order chi connectivity index (χ1) is 11.5. The van der Waals surface area contributed by atoms with Crippen LogP contribution < -0.4 is 0 Å². The lowest BCUT2D eigenvalue weighted by atomic mass is 9.91. The van der Waals surface area contributed by atoms with Crippen molar-refractivity contribution in [2.75, 3.05) is 26.4 Å². The predicted octanol–water partition coefficient (Wildman–Crippen LogP) is 4.98. The van der Waals surface area contributed by atoms with Crippen LogP contribution in [-0.2, 0) is 19.1 Å². The van der Waals surface area contributed by atoms with Crippen LogP contribution >= 0.6 is 0 Å². The molecule has 0 aromatic carbocycles. The van der Waals surface area contributed by atoms with E-state index in [2.05, 4.69) is 41.5 Å². The maximum absolute atomic E-state index is 11.8. The maximum atomic E-state index is 11.8. The molecule has 0 aliphatic heterocycles. The highest BCUT2D eigenvalue weighted by molar-refractivity contribution is 5.99. The Morgan fingerprint density at radius 1 is 0.680 bits per heavy atom. The molecule has 0 aliphatic carbocycles. The average Bonchev–Trinajstić information content (AvgIpc) is 2.44. The predicted molar refractivity (Wildman–Crippen MR) is 103 cm³/mol. The number of carbonyl (C=O) groups excluding carboxylic acids is 2. The zero-order valence-electron chi connectivity index (χ0n) is 17.4. The van der Waals surface area contributed by atoms with E-state index in [0.29, 0.717) is 38.1 Å². The molecule has 0 bridgehead atoms. The topological polar surface area (TPSA) is 52.6 Å². The van der Waals surface area contributed by atoms with Gasteiger partial charge in [-0.3, -0.25) is 9.59 Å². The molecule has 4 heteroatoms. The van der Waals surface area contributed by atoms with Crippen molar-refractivity contribution >= 4 is 11.6 Å². The van der Waals surface area contributed by atoms with Crippen LogP contribution in [0.15, 0.2) is 0 Å². The molecular formula is C21H40O4. The molecule has 0 aromatic heterocycles. The fourth-order valence-corrected chi connectivity index (χ4v) is 2.29. The van der Waals surface area contributed by atoms with Crippen molar-refractivity contribution in [2.45, 2.75) is 86.5 Å². The summed E-state index contributed by atoms with van der Waals surface area (Å²) in [7, 11) is 0. The fraction of sp³-hybridized carbons (Fsp3) is 0.905. The summed E-state index contributed by atoms with van der Waals surface area (Å²) in [6, 6.07) is 0. The molecule has 0 unspecified atom stereocenters. The minimum atomic E-state index is -0.00944. The van der Waals surface area contributed by atoms with Crippen LogP contribution in [0.1, 0.15) is 86.5 Å². The number of rotatable bonds is 14. The van der Waals surface area contributed by atoms with Crippen LogP contribution in [0.3, 0.4) is 0 Å². The largest absolute Gasteiger partial charge is 0.381 e. The number of unbranched alkanes of at least 4 members (excludes halogenated alkanes) is 1. The highest BCUT2D eigenvalue weighted by Gasteiger charge is 2.12. The van der Waals surface area contributed by atoms with Crippen LogP contribution in [-0.4, -0.2) is 38.0 Å². The number of carbonyl (C=O) groups is 2. The number of Topliss-reactive ketones (excluding diaryl/α,β-unsaturated/α-hetero) is 2. The van der Waals surface area contributed by atoms with Crippen LogP contribution in [0.25, 0.3) is 0 Å². The Labute approximate surface area is 155 Å². The van der Waals surface area contributed by atoms with Gasteiger partial charge in [0.1, 0.15) is 11.6 Å². The molecule has 25 heavy (non-hydrogen) atoms. The van der Waals surface area contributed by atoms with Gasteiger partial charge in [-0.15, -0.1) is 0 Å². The van der Waals surface area contributed by atoms with Crippen molar-refractivity contribution in [3.05, 3.63) is 0 Å². The van der Waals surface area contributed by atoms with Gasteiger partial charge in [-0.1, -0.05) is 41.5 Å². The third-order valence-corrected chi connectivity index (χ3v) is 3.66. The first-order valence-corrected chi connectivity index (χ1v) is 9.68. The quantitative estimate of drug-likeness (QED) is 0.325. The lowest BCUT2D eigenvalue weighted by molar-refractivity contribution is -0.127. The summed E-state index contributed by atoms with van der Waals surface area (Å²) < 4.78 is 11.1. The molecule has 0 saturated carbocycles. The summed E-state index contributed by atoms with van der Waals surface area (Å²) in [6.45, 7) is 15.6. The maximum Gasteiger partial charge on any atom is 0.142 e. The van der Waals surface area contributed by atoms with Crippen LogP contribution in [0.2, 0.25) is 0 Å². The summed E-state index contributed by atoms with van der Waals surface area (Å²) in [5, 5.41) is 0. The standard InChI is InChI=1S/C21H40O4/c1-20(2,3)12-9-14-24-15-11-19(23)16-18(22)10-7-8-13-25-17-21(4,5)6/h7-17H2,1-6H3. The highest BCUT2D eigenvalue weighted by Crippen LogP contribution is 2.20. The Bertz CT molecular complexity index is 338. The molecule has 0 aliphatic rings. The first-order valence-electron chi connectivity index (χ1n) is 9.68. The second kappa shape index (κ2) is 12.6. The summed E-state index contributed by atoms with van der Waals surface area (Å²) in [5.74, 6) is 0.0263. The Hall–Kier alpha value is -0.740. The summed E-state index contributed by atoms with van der Waals surface area (Å²) in [4.78, 5) is 23.6. The number of ketones is 2. The molecule has 0 radical (unpaired) electrons. The minimum Gasteiger partial charge on any atom is -0.381 e. The van der Waals surface area contributed by atoms with Crippen molar-refractivity contribution < 1.29 is 19.1 Å². The molecule has 0 heterocycles. The van der Waals surface area contributed by atoms with Gasteiger partial charge in [0.25, 0.3) is 0 Å². The van der Waals surface area contributed by atoms with Gasteiger partial charge in [0.05, 0.1) is 19.6 Å².